The second-order valence-electron chi connectivity index (χ2n) is 5.13. The Labute approximate surface area is 117 Å². The molecule has 1 aliphatic carbocycles. The van der Waals surface area contributed by atoms with Gasteiger partial charge in [-0.1, -0.05) is 24.4 Å². The maximum atomic E-state index is 6.15. The van der Waals surface area contributed by atoms with Crippen molar-refractivity contribution in [2.75, 3.05) is 5.32 Å². The van der Waals surface area contributed by atoms with Gasteiger partial charge in [0.15, 0.2) is 5.82 Å². The van der Waals surface area contributed by atoms with E-state index >= 15 is 0 Å². The third kappa shape index (κ3) is 2.59. The molecule has 1 aliphatic rings. The number of H-pyrrole nitrogens is 1. The van der Waals surface area contributed by atoms with E-state index in [0.29, 0.717) is 10.9 Å². The molecule has 0 radical (unpaired) electrons. The monoisotopic (exact) mass is 276 g/mol. The average molecular weight is 277 g/mol. The largest absolute Gasteiger partial charge is 0.337 e. The highest BCUT2D eigenvalue weighted by atomic mass is 35.5. The van der Waals surface area contributed by atoms with Crippen molar-refractivity contribution in [2.45, 2.75) is 38.5 Å². The van der Waals surface area contributed by atoms with Crippen LogP contribution in [0.25, 0.3) is 0 Å². The molecule has 2 aromatic heterocycles. The maximum absolute atomic E-state index is 6.15. The molecule has 5 heteroatoms. The van der Waals surface area contributed by atoms with E-state index in [0.717, 1.165) is 17.1 Å². The molecule has 19 heavy (non-hydrogen) atoms. The summed E-state index contributed by atoms with van der Waals surface area (Å²) in [5, 5.41) is 11.3. The molecule has 4 nitrogen and oxygen atoms in total. The minimum atomic E-state index is 0.616. The number of nitrogens with one attached hydrogen (secondary N) is 2. The summed E-state index contributed by atoms with van der Waals surface area (Å²) in [6.07, 6.45) is 8.59. The Hall–Kier alpha value is -1.55. The Balaban J connectivity index is 1.80. The first kappa shape index (κ1) is 12.5. The Kier molecular flexibility index (Phi) is 3.42. The molecular weight excluding hydrogens is 260 g/mol. The Morgan fingerprint density at radius 2 is 2.11 bits per heavy atom. The molecule has 0 amide bonds. The predicted molar refractivity (Wildman–Crippen MR) is 77.1 cm³/mol. The molecule has 100 valence electrons. The summed E-state index contributed by atoms with van der Waals surface area (Å²) in [4.78, 5) is 4.05. The standard InChI is InChI=1S/C14H17ClN4/c1-9-7-16-8-11(15)14(9)17-13-6-12(18-19-13)10-4-2-3-5-10/h6-8,10H,2-5H2,1H3,(H2,16,17,18,19). The summed E-state index contributed by atoms with van der Waals surface area (Å²) in [7, 11) is 0. The van der Waals surface area contributed by atoms with E-state index in [1.54, 1.807) is 12.4 Å². The van der Waals surface area contributed by atoms with E-state index in [-0.39, 0.29) is 0 Å². The molecule has 0 unspecified atom stereocenters. The van der Waals surface area contributed by atoms with Crippen molar-refractivity contribution >= 4 is 23.1 Å². The van der Waals surface area contributed by atoms with Gasteiger partial charge in [-0.15, -0.1) is 0 Å². The summed E-state index contributed by atoms with van der Waals surface area (Å²) in [6.45, 7) is 1.98. The fourth-order valence-electron chi connectivity index (χ4n) is 2.66. The lowest BCUT2D eigenvalue weighted by Crippen LogP contribution is -1.95. The van der Waals surface area contributed by atoms with Crippen LogP contribution in [0.15, 0.2) is 18.5 Å². The molecule has 0 aliphatic heterocycles. The smallest absolute Gasteiger partial charge is 0.152 e. The lowest BCUT2D eigenvalue weighted by molar-refractivity contribution is 0.693. The summed E-state index contributed by atoms with van der Waals surface area (Å²) in [6, 6.07) is 2.09. The van der Waals surface area contributed by atoms with Gasteiger partial charge in [0.1, 0.15) is 0 Å². The van der Waals surface area contributed by atoms with Gasteiger partial charge in [0, 0.05) is 30.1 Å². The van der Waals surface area contributed by atoms with Crippen molar-refractivity contribution in [3.63, 3.8) is 0 Å². The second-order valence-corrected chi connectivity index (χ2v) is 5.54. The van der Waals surface area contributed by atoms with Crippen LogP contribution in [0.2, 0.25) is 5.02 Å². The molecule has 0 spiro atoms. The topological polar surface area (TPSA) is 53.6 Å². The van der Waals surface area contributed by atoms with Gasteiger partial charge >= 0.3 is 0 Å². The molecule has 0 saturated heterocycles. The molecule has 2 heterocycles. The Morgan fingerprint density at radius 3 is 2.84 bits per heavy atom. The van der Waals surface area contributed by atoms with Crippen molar-refractivity contribution in [3.05, 3.63) is 34.7 Å². The number of aromatic amines is 1. The van der Waals surface area contributed by atoms with Crippen LogP contribution < -0.4 is 5.32 Å². The van der Waals surface area contributed by atoms with Crippen LogP contribution in [0.4, 0.5) is 11.5 Å². The summed E-state index contributed by atoms with van der Waals surface area (Å²) >= 11 is 6.15. The van der Waals surface area contributed by atoms with E-state index in [1.165, 1.54) is 31.4 Å². The van der Waals surface area contributed by atoms with Gasteiger partial charge in [0.05, 0.1) is 10.7 Å². The highest BCUT2D eigenvalue weighted by Gasteiger charge is 2.19. The minimum absolute atomic E-state index is 0.616. The molecule has 0 aromatic carbocycles. The zero-order valence-electron chi connectivity index (χ0n) is 10.9. The van der Waals surface area contributed by atoms with Gasteiger partial charge in [-0.3, -0.25) is 10.1 Å². The van der Waals surface area contributed by atoms with Gasteiger partial charge < -0.3 is 5.32 Å². The number of aromatic nitrogens is 3. The first-order chi connectivity index (χ1) is 9.24. The fourth-order valence-corrected chi connectivity index (χ4v) is 2.92. The van der Waals surface area contributed by atoms with Crippen LogP contribution in [-0.4, -0.2) is 15.2 Å². The number of nitrogens with zero attached hydrogens (tertiary/aromatic N) is 2. The summed E-state index contributed by atoms with van der Waals surface area (Å²) in [5.74, 6) is 1.45. The van der Waals surface area contributed by atoms with Crippen molar-refractivity contribution in [2.24, 2.45) is 0 Å². The van der Waals surface area contributed by atoms with Crippen LogP contribution >= 0.6 is 11.6 Å². The second kappa shape index (κ2) is 5.21. The lowest BCUT2D eigenvalue weighted by atomic mass is 10.0. The van der Waals surface area contributed by atoms with Crippen LogP contribution in [0.5, 0.6) is 0 Å². The van der Waals surface area contributed by atoms with E-state index in [9.17, 15) is 0 Å². The maximum Gasteiger partial charge on any atom is 0.152 e. The number of hydrogen-bond donors (Lipinski definition) is 2. The molecule has 1 saturated carbocycles. The molecule has 0 atom stereocenters. The number of aryl methyl sites for hydroxylation is 1. The molecule has 2 N–H and O–H groups in total. The van der Waals surface area contributed by atoms with Gasteiger partial charge in [-0.25, -0.2) is 0 Å². The molecule has 1 fully saturated rings. The van der Waals surface area contributed by atoms with Crippen LogP contribution in [0.3, 0.4) is 0 Å². The van der Waals surface area contributed by atoms with Crippen LogP contribution in [0, 0.1) is 6.92 Å². The zero-order valence-corrected chi connectivity index (χ0v) is 11.7. The van der Waals surface area contributed by atoms with Gasteiger partial charge in [0.25, 0.3) is 0 Å². The van der Waals surface area contributed by atoms with Crippen molar-refractivity contribution in [3.8, 4) is 0 Å². The van der Waals surface area contributed by atoms with E-state index < -0.39 is 0 Å². The van der Waals surface area contributed by atoms with Crippen molar-refractivity contribution < 1.29 is 0 Å². The van der Waals surface area contributed by atoms with Gasteiger partial charge in [0.2, 0.25) is 0 Å². The number of hydrogen-bond acceptors (Lipinski definition) is 3. The predicted octanol–water partition coefficient (Wildman–Crippen LogP) is 4.17. The number of anilines is 2. The van der Waals surface area contributed by atoms with Crippen molar-refractivity contribution in [1.82, 2.24) is 15.2 Å². The molecular formula is C14H17ClN4. The summed E-state index contributed by atoms with van der Waals surface area (Å²) in [5.41, 5.74) is 3.11. The molecule has 3 rings (SSSR count). The third-order valence-electron chi connectivity index (χ3n) is 3.73. The minimum Gasteiger partial charge on any atom is -0.337 e. The molecule has 2 aromatic rings. The van der Waals surface area contributed by atoms with Gasteiger partial charge in [-0.2, -0.15) is 5.10 Å². The highest BCUT2D eigenvalue weighted by Crippen LogP contribution is 2.34. The first-order valence-corrected chi connectivity index (χ1v) is 7.04. The average Bonchev–Trinajstić information content (AvgIpc) is 3.04. The van der Waals surface area contributed by atoms with E-state index in [1.807, 2.05) is 6.92 Å². The molecule has 0 bridgehead atoms. The zero-order chi connectivity index (χ0) is 13.2. The third-order valence-corrected chi connectivity index (χ3v) is 4.02. The first-order valence-electron chi connectivity index (χ1n) is 6.66. The normalized spacial score (nSPS) is 15.9. The van der Waals surface area contributed by atoms with E-state index in [4.69, 9.17) is 11.6 Å². The number of halogens is 1. The summed E-state index contributed by atoms with van der Waals surface area (Å²) < 4.78 is 0. The SMILES string of the molecule is Cc1cncc(Cl)c1Nc1cc(C2CCCC2)[nH]n1. The Morgan fingerprint density at radius 1 is 1.32 bits per heavy atom. The fraction of sp³-hybridized carbons (Fsp3) is 0.429. The van der Waals surface area contributed by atoms with Crippen LogP contribution in [0.1, 0.15) is 42.9 Å². The number of rotatable bonds is 3. The highest BCUT2D eigenvalue weighted by molar-refractivity contribution is 6.33. The van der Waals surface area contributed by atoms with Gasteiger partial charge in [-0.05, 0) is 25.3 Å². The van der Waals surface area contributed by atoms with Crippen molar-refractivity contribution in [1.29, 1.82) is 0 Å². The lowest BCUT2D eigenvalue weighted by Gasteiger charge is -2.08. The number of pyridine rings is 1. The quantitative estimate of drug-likeness (QED) is 0.885. The Bertz CT molecular complexity index is 552. The van der Waals surface area contributed by atoms with Crippen LogP contribution in [-0.2, 0) is 0 Å². The van der Waals surface area contributed by atoms with E-state index in [2.05, 4.69) is 26.6 Å².